The Labute approximate surface area is 113 Å². The number of hydrogen-bond donors (Lipinski definition) is 0. The molecule has 1 aromatic carbocycles. The van der Waals surface area contributed by atoms with Crippen LogP contribution in [0.3, 0.4) is 0 Å². The highest BCUT2D eigenvalue weighted by atomic mass is 16.5. The summed E-state index contributed by atoms with van der Waals surface area (Å²) < 4.78 is 10.9. The second kappa shape index (κ2) is 5.08. The molecule has 1 atom stereocenters. The number of carbonyl (C=O) groups excluding carboxylic acids is 1. The molecule has 1 aliphatic heterocycles. The average molecular weight is 258 g/mol. The van der Waals surface area contributed by atoms with Gasteiger partial charge in [0.05, 0.1) is 7.11 Å². The molecule has 2 aliphatic rings. The minimum absolute atomic E-state index is 0.0477. The highest BCUT2D eigenvalue weighted by Gasteiger charge is 2.30. The lowest BCUT2D eigenvalue weighted by Crippen LogP contribution is -2.26. The number of benzene rings is 1. The monoisotopic (exact) mass is 258 g/mol. The maximum absolute atomic E-state index is 11.8. The van der Waals surface area contributed by atoms with Gasteiger partial charge in [0.2, 0.25) is 0 Å². The Morgan fingerprint density at radius 3 is 2.95 bits per heavy atom. The number of ether oxygens (including phenoxy) is 2. The van der Waals surface area contributed by atoms with E-state index in [1.54, 1.807) is 0 Å². The first-order chi connectivity index (χ1) is 9.29. The van der Waals surface area contributed by atoms with Gasteiger partial charge in [-0.05, 0) is 49.3 Å². The predicted molar refractivity (Wildman–Crippen MR) is 72.1 cm³/mol. The molecule has 0 saturated carbocycles. The number of fused-ring (bicyclic) bond motifs is 1. The summed E-state index contributed by atoms with van der Waals surface area (Å²) in [4.78, 5) is 11.8. The molecular weight excluding hydrogens is 240 g/mol. The molecule has 1 heterocycles. The molecule has 3 heteroatoms. The van der Waals surface area contributed by atoms with E-state index in [-0.39, 0.29) is 12.1 Å². The Balaban J connectivity index is 1.86. The third kappa shape index (κ3) is 2.25. The van der Waals surface area contributed by atoms with Crippen molar-refractivity contribution in [1.29, 1.82) is 0 Å². The smallest absolute Gasteiger partial charge is 0.333 e. The molecule has 3 nitrogen and oxygen atoms in total. The van der Waals surface area contributed by atoms with Gasteiger partial charge in [0.15, 0.2) is 0 Å². The van der Waals surface area contributed by atoms with E-state index in [0.29, 0.717) is 0 Å². The zero-order chi connectivity index (χ0) is 13.2. The first-order valence-corrected chi connectivity index (χ1v) is 6.84. The van der Waals surface area contributed by atoms with Crippen LogP contribution in [0.4, 0.5) is 0 Å². The van der Waals surface area contributed by atoms with Gasteiger partial charge in [0.1, 0.15) is 11.9 Å². The van der Waals surface area contributed by atoms with Crippen LogP contribution in [0.5, 0.6) is 5.75 Å². The largest absolute Gasteiger partial charge is 0.486 e. The van der Waals surface area contributed by atoms with Gasteiger partial charge in [0, 0.05) is 5.57 Å². The van der Waals surface area contributed by atoms with Crippen LogP contribution >= 0.6 is 0 Å². The molecule has 0 saturated heterocycles. The van der Waals surface area contributed by atoms with Crippen LogP contribution in [-0.4, -0.2) is 19.2 Å². The van der Waals surface area contributed by atoms with Crippen LogP contribution in [0.1, 0.15) is 31.2 Å². The van der Waals surface area contributed by atoms with Gasteiger partial charge in [-0.25, -0.2) is 4.79 Å². The van der Waals surface area contributed by atoms with Gasteiger partial charge in [-0.2, -0.15) is 0 Å². The molecule has 19 heavy (non-hydrogen) atoms. The normalized spacial score (nSPS) is 21.8. The van der Waals surface area contributed by atoms with E-state index in [2.05, 4.69) is 6.07 Å². The summed E-state index contributed by atoms with van der Waals surface area (Å²) in [5.41, 5.74) is 3.25. The van der Waals surface area contributed by atoms with E-state index in [1.807, 2.05) is 18.2 Å². The number of esters is 1. The lowest BCUT2D eigenvalue weighted by Gasteiger charge is -2.27. The maximum atomic E-state index is 11.8. The van der Waals surface area contributed by atoms with Gasteiger partial charge in [-0.15, -0.1) is 0 Å². The number of carbonyl (C=O) groups is 1. The summed E-state index contributed by atoms with van der Waals surface area (Å²) in [6.07, 6.45) is 4.82. The number of aryl methyl sites for hydroxylation is 1. The SMILES string of the molecule is COC(=O)C1=C(C2CCc3ccccc3O2)CCC1. The molecule has 0 bridgehead atoms. The Kier molecular flexibility index (Phi) is 3.28. The Morgan fingerprint density at radius 2 is 2.11 bits per heavy atom. The van der Waals surface area contributed by atoms with E-state index in [1.165, 1.54) is 12.7 Å². The number of methoxy groups -OCH3 is 1. The van der Waals surface area contributed by atoms with Crippen LogP contribution in [0.2, 0.25) is 0 Å². The molecule has 0 N–H and O–H groups in total. The fourth-order valence-corrected chi connectivity index (χ4v) is 3.05. The fourth-order valence-electron chi connectivity index (χ4n) is 3.05. The minimum atomic E-state index is -0.185. The summed E-state index contributed by atoms with van der Waals surface area (Å²) in [5.74, 6) is 0.775. The fraction of sp³-hybridized carbons (Fsp3) is 0.438. The third-order valence-corrected chi connectivity index (χ3v) is 4.00. The second-order valence-electron chi connectivity index (χ2n) is 5.10. The van der Waals surface area contributed by atoms with E-state index in [4.69, 9.17) is 9.47 Å². The van der Waals surface area contributed by atoms with Crippen molar-refractivity contribution in [3.05, 3.63) is 41.0 Å². The molecule has 1 unspecified atom stereocenters. The van der Waals surface area contributed by atoms with Crippen LogP contribution in [0, 0.1) is 0 Å². The number of hydrogen-bond acceptors (Lipinski definition) is 3. The molecule has 0 radical (unpaired) electrons. The van der Waals surface area contributed by atoms with Crippen molar-refractivity contribution in [1.82, 2.24) is 0 Å². The Morgan fingerprint density at radius 1 is 1.26 bits per heavy atom. The first kappa shape index (κ1) is 12.3. The van der Waals surface area contributed by atoms with Crippen molar-refractivity contribution in [3.8, 4) is 5.75 Å². The third-order valence-electron chi connectivity index (χ3n) is 4.00. The van der Waals surface area contributed by atoms with Crippen LogP contribution in [0.15, 0.2) is 35.4 Å². The van der Waals surface area contributed by atoms with E-state index in [9.17, 15) is 4.79 Å². The second-order valence-corrected chi connectivity index (χ2v) is 5.10. The average Bonchev–Trinajstić information content (AvgIpc) is 2.95. The topological polar surface area (TPSA) is 35.5 Å². The van der Waals surface area contributed by atoms with Crippen molar-refractivity contribution in [3.63, 3.8) is 0 Å². The van der Waals surface area contributed by atoms with Crippen LogP contribution in [0.25, 0.3) is 0 Å². The maximum Gasteiger partial charge on any atom is 0.333 e. The summed E-state index contributed by atoms with van der Waals surface area (Å²) in [5, 5.41) is 0. The van der Waals surface area contributed by atoms with Gasteiger partial charge in [0.25, 0.3) is 0 Å². The summed E-state index contributed by atoms with van der Waals surface area (Å²) in [6.45, 7) is 0. The standard InChI is InChI=1S/C16H18O3/c1-18-16(17)13-7-4-6-12(13)15-10-9-11-5-2-3-8-14(11)19-15/h2-3,5,8,15H,4,6-7,9-10H2,1H3. The van der Waals surface area contributed by atoms with E-state index >= 15 is 0 Å². The summed E-state index contributed by atoms with van der Waals surface area (Å²) >= 11 is 0. The minimum Gasteiger partial charge on any atom is -0.486 e. The van der Waals surface area contributed by atoms with Crippen molar-refractivity contribution in [2.75, 3.05) is 7.11 Å². The molecule has 100 valence electrons. The molecule has 3 rings (SSSR count). The molecule has 0 spiro atoms. The van der Waals surface area contributed by atoms with Crippen molar-refractivity contribution >= 4 is 5.97 Å². The zero-order valence-electron chi connectivity index (χ0n) is 11.1. The van der Waals surface area contributed by atoms with Gasteiger partial charge < -0.3 is 9.47 Å². The lowest BCUT2D eigenvalue weighted by atomic mass is 9.95. The predicted octanol–water partition coefficient (Wildman–Crippen LogP) is 3.03. The number of para-hydroxylation sites is 1. The molecule has 0 fully saturated rings. The van der Waals surface area contributed by atoms with Crippen molar-refractivity contribution < 1.29 is 14.3 Å². The molecule has 0 aromatic heterocycles. The van der Waals surface area contributed by atoms with Crippen LogP contribution < -0.4 is 4.74 Å². The van der Waals surface area contributed by atoms with Gasteiger partial charge in [-0.3, -0.25) is 0 Å². The molecular formula is C16H18O3. The highest BCUT2D eigenvalue weighted by Crippen LogP contribution is 2.36. The molecule has 1 aliphatic carbocycles. The van der Waals surface area contributed by atoms with Crippen molar-refractivity contribution in [2.24, 2.45) is 0 Å². The highest BCUT2D eigenvalue weighted by molar-refractivity contribution is 5.90. The Hall–Kier alpha value is -1.77. The van der Waals surface area contributed by atoms with Gasteiger partial charge >= 0.3 is 5.97 Å². The lowest BCUT2D eigenvalue weighted by molar-refractivity contribution is -0.136. The van der Waals surface area contributed by atoms with E-state index < -0.39 is 0 Å². The van der Waals surface area contributed by atoms with Crippen molar-refractivity contribution in [2.45, 2.75) is 38.2 Å². The Bertz CT molecular complexity index is 531. The van der Waals surface area contributed by atoms with Gasteiger partial charge in [-0.1, -0.05) is 18.2 Å². The molecule has 0 amide bonds. The zero-order valence-corrected chi connectivity index (χ0v) is 11.1. The first-order valence-electron chi connectivity index (χ1n) is 6.84. The van der Waals surface area contributed by atoms with Crippen LogP contribution in [-0.2, 0) is 16.0 Å². The molecule has 1 aromatic rings. The quantitative estimate of drug-likeness (QED) is 0.765. The summed E-state index contributed by atoms with van der Waals surface area (Å²) in [7, 11) is 1.45. The summed E-state index contributed by atoms with van der Waals surface area (Å²) in [6, 6.07) is 8.15. The number of rotatable bonds is 2. The van der Waals surface area contributed by atoms with E-state index in [0.717, 1.165) is 49.0 Å².